The standard InChI is InChI=1S/C17H18N2O2/c1-12-13(10-18-2)9-14(21-12)11-20-17-7-3-6-16-15(17)5-4-8-19-16/h3-9,18H,10-11H2,1-2H3. The monoisotopic (exact) mass is 282 g/mol. The second-order valence-electron chi connectivity index (χ2n) is 4.94. The summed E-state index contributed by atoms with van der Waals surface area (Å²) in [5.41, 5.74) is 2.09. The molecule has 0 saturated heterocycles. The third-order valence-corrected chi connectivity index (χ3v) is 3.41. The molecule has 0 radical (unpaired) electrons. The Morgan fingerprint density at radius 3 is 3.00 bits per heavy atom. The number of furan rings is 1. The van der Waals surface area contributed by atoms with Crippen LogP contribution in [0.15, 0.2) is 47.0 Å². The van der Waals surface area contributed by atoms with Crippen molar-refractivity contribution in [3.63, 3.8) is 0 Å². The summed E-state index contributed by atoms with van der Waals surface area (Å²) >= 11 is 0. The van der Waals surface area contributed by atoms with Crippen LogP contribution < -0.4 is 10.1 Å². The molecule has 0 amide bonds. The fourth-order valence-electron chi connectivity index (χ4n) is 2.37. The number of aromatic nitrogens is 1. The molecular formula is C17H18N2O2. The zero-order valence-corrected chi connectivity index (χ0v) is 12.2. The number of pyridine rings is 1. The smallest absolute Gasteiger partial charge is 0.146 e. The van der Waals surface area contributed by atoms with Gasteiger partial charge in [0.15, 0.2) is 0 Å². The predicted molar refractivity (Wildman–Crippen MR) is 82.3 cm³/mol. The van der Waals surface area contributed by atoms with Gasteiger partial charge in [-0.05, 0) is 44.3 Å². The van der Waals surface area contributed by atoms with E-state index < -0.39 is 0 Å². The lowest BCUT2D eigenvalue weighted by Crippen LogP contribution is -2.04. The molecule has 0 saturated carbocycles. The molecule has 21 heavy (non-hydrogen) atoms. The Morgan fingerprint density at radius 2 is 2.14 bits per heavy atom. The van der Waals surface area contributed by atoms with Gasteiger partial charge in [0.25, 0.3) is 0 Å². The first-order valence-electron chi connectivity index (χ1n) is 6.97. The van der Waals surface area contributed by atoms with E-state index in [1.165, 1.54) is 0 Å². The second-order valence-corrected chi connectivity index (χ2v) is 4.94. The summed E-state index contributed by atoms with van der Waals surface area (Å²) in [5, 5.41) is 4.14. The molecule has 0 unspecified atom stereocenters. The first kappa shape index (κ1) is 13.6. The van der Waals surface area contributed by atoms with E-state index in [1.54, 1.807) is 6.20 Å². The highest BCUT2D eigenvalue weighted by molar-refractivity contribution is 5.84. The Morgan fingerprint density at radius 1 is 1.24 bits per heavy atom. The minimum absolute atomic E-state index is 0.415. The number of aryl methyl sites for hydroxylation is 1. The van der Waals surface area contributed by atoms with Crippen LogP contribution in [-0.4, -0.2) is 12.0 Å². The summed E-state index contributed by atoms with van der Waals surface area (Å²) in [6.45, 7) is 3.18. The van der Waals surface area contributed by atoms with E-state index in [2.05, 4.69) is 10.3 Å². The van der Waals surface area contributed by atoms with Crippen molar-refractivity contribution in [1.29, 1.82) is 0 Å². The van der Waals surface area contributed by atoms with E-state index in [4.69, 9.17) is 9.15 Å². The Hall–Kier alpha value is -2.33. The molecule has 4 nitrogen and oxygen atoms in total. The maximum Gasteiger partial charge on any atom is 0.146 e. The zero-order valence-electron chi connectivity index (χ0n) is 12.2. The zero-order chi connectivity index (χ0) is 14.7. The predicted octanol–water partition coefficient (Wildman–Crippen LogP) is 3.43. The molecule has 0 aliphatic carbocycles. The number of hydrogen-bond donors (Lipinski definition) is 1. The third kappa shape index (κ3) is 2.90. The molecule has 0 aliphatic heterocycles. The fourth-order valence-corrected chi connectivity index (χ4v) is 2.37. The van der Waals surface area contributed by atoms with Crippen molar-refractivity contribution in [2.45, 2.75) is 20.1 Å². The normalized spacial score (nSPS) is 11.0. The van der Waals surface area contributed by atoms with Crippen molar-refractivity contribution in [1.82, 2.24) is 10.3 Å². The van der Waals surface area contributed by atoms with E-state index in [1.807, 2.05) is 50.4 Å². The number of hydrogen-bond acceptors (Lipinski definition) is 4. The van der Waals surface area contributed by atoms with Gasteiger partial charge in [0.2, 0.25) is 0 Å². The Labute approximate surface area is 123 Å². The van der Waals surface area contributed by atoms with Gasteiger partial charge in [0.1, 0.15) is 23.9 Å². The molecule has 3 aromatic rings. The van der Waals surface area contributed by atoms with Crippen molar-refractivity contribution < 1.29 is 9.15 Å². The molecule has 4 heteroatoms. The van der Waals surface area contributed by atoms with Crippen LogP contribution in [-0.2, 0) is 13.2 Å². The third-order valence-electron chi connectivity index (χ3n) is 3.41. The van der Waals surface area contributed by atoms with Crippen LogP contribution in [0.1, 0.15) is 17.1 Å². The minimum Gasteiger partial charge on any atom is -0.485 e. The van der Waals surface area contributed by atoms with Crippen LogP contribution >= 0.6 is 0 Å². The highest BCUT2D eigenvalue weighted by Gasteiger charge is 2.08. The molecule has 0 aliphatic rings. The lowest BCUT2D eigenvalue weighted by atomic mass is 10.2. The van der Waals surface area contributed by atoms with E-state index >= 15 is 0 Å². The van der Waals surface area contributed by atoms with Gasteiger partial charge < -0.3 is 14.5 Å². The molecule has 1 N–H and O–H groups in total. The highest BCUT2D eigenvalue weighted by atomic mass is 16.5. The van der Waals surface area contributed by atoms with Crippen molar-refractivity contribution >= 4 is 10.9 Å². The molecule has 0 fully saturated rings. The Balaban J connectivity index is 1.79. The largest absolute Gasteiger partial charge is 0.485 e. The average Bonchev–Trinajstić information content (AvgIpc) is 2.86. The van der Waals surface area contributed by atoms with Gasteiger partial charge in [-0.3, -0.25) is 4.98 Å². The first-order valence-corrected chi connectivity index (χ1v) is 6.97. The van der Waals surface area contributed by atoms with E-state index in [0.717, 1.165) is 40.3 Å². The molecule has 1 aromatic carbocycles. The summed E-state index contributed by atoms with van der Waals surface area (Å²) in [6.07, 6.45) is 1.78. The number of fused-ring (bicyclic) bond motifs is 1. The fraction of sp³-hybridized carbons (Fsp3) is 0.235. The Bertz CT molecular complexity index is 744. The van der Waals surface area contributed by atoms with Gasteiger partial charge in [-0.1, -0.05) is 6.07 Å². The van der Waals surface area contributed by atoms with Gasteiger partial charge >= 0.3 is 0 Å². The van der Waals surface area contributed by atoms with E-state index in [9.17, 15) is 0 Å². The highest BCUT2D eigenvalue weighted by Crippen LogP contribution is 2.25. The molecule has 0 atom stereocenters. The molecule has 108 valence electrons. The van der Waals surface area contributed by atoms with Gasteiger partial charge in [-0.25, -0.2) is 0 Å². The van der Waals surface area contributed by atoms with Gasteiger partial charge in [-0.2, -0.15) is 0 Å². The summed E-state index contributed by atoms with van der Waals surface area (Å²) in [6, 6.07) is 11.8. The SMILES string of the molecule is CNCc1cc(COc2cccc3ncccc23)oc1C. The van der Waals surface area contributed by atoms with Gasteiger partial charge in [0.05, 0.1) is 5.52 Å². The number of nitrogens with zero attached hydrogens (tertiary/aromatic N) is 1. The van der Waals surface area contributed by atoms with Crippen molar-refractivity contribution in [2.75, 3.05) is 7.05 Å². The summed E-state index contributed by atoms with van der Waals surface area (Å²) < 4.78 is 11.6. The van der Waals surface area contributed by atoms with Crippen LogP contribution in [0.3, 0.4) is 0 Å². The molecular weight excluding hydrogens is 264 g/mol. The quantitative estimate of drug-likeness (QED) is 0.778. The van der Waals surface area contributed by atoms with Gasteiger partial charge in [-0.15, -0.1) is 0 Å². The van der Waals surface area contributed by atoms with Crippen LogP contribution in [0.5, 0.6) is 5.75 Å². The number of ether oxygens (including phenoxy) is 1. The number of rotatable bonds is 5. The lowest BCUT2D eigenvalue weighted by Gasteiger charge is -2.07. The topological polar surface area (TPSA) is 47.3 Å². The summed E-state index contributed by atoms with van der Waals surface area (Å²) in [4.78, 5) is 4.33. The summed E-state index contributed by atoms with van der Waals surface area (Å²) in [7, 11) is 1.92. The van der Waals surface area contributed by atoms with Crippen LogP contribution in [0.25, 0.3) is 10.9 Å². The molecule has 0 spiro atoms. The second kappa shape index (κ2) is 5.97. The van der Waals surface area contributed by atoms with Crippen molar-refractivity contribution in [2.24, 2.45) is 0 Å². The van der Waals surface area contributed by atoms with Crippen molar-refractivity contribution in [3.8, 4) is 5.75 Å². The molecule has 2 heterocycles. The summed E-state index contributed by atoms with van der Waals surface area (Å²) in [5.74, 6) is 2.59. The number of nitrogens with one attached hydrogen (secondary N) is 1. The molecule has 2 aromatic heterocycles. The van der Waals surface area contributed by atoms with Crippen LogP contribution in [0.4, 0.5) is 0 Å². The molecule has 0 bridgehead atoms. The van der Waals surface area contributed by atoms with E-state index in [-0.39, 0.29) is 0 Å². The average molecular weight is 282 g/mol. The van der Waals surface area contributed by atoms with E-state index in [0.29, 0.717) is 6.61 Å². The van der Waals surface area contributed by atoms with Crippen LogP contribution in [0, 0.1) is 6.92 Å². The maximum absolute atomic E-state index is 5.90. The minimum atomic E-state index is 0.415. The van der Waals surface area contributed by atoms with Gasteiger partial charge in [0, 0.05) is 23.7 Å². The van der Waals surface area contributed by atoms with Crippen LogP contribution in [0.2, 0.25) is 0 Å². The maximum atomic E-state index is 5.90. The van der Waals surface area contributed by atoms with Crippen molar-refractivity contribution in [3.05, 3.63) is 59.7 Å². The number of benzene rings is 1. The Kier molecular flexibility index (Phi) is 3.88. The molecule has 3 rings (SSSR count). The lowest BCUT2D eigenvalue weighted by molar-refractivity contribution is 0.270. The first-order chi connectivity index (χ1) is 10.3.